The van der Waals surface area contributed by atoms with E-state index >= 15 is 0 Å². The Morgan fingerprint density at radius 3 is 2.20 bits per heavy atom. The van der Waals surface area contributed by atoms with E-state index in [1.54, 1.807) is 0 Å². The van der Waals surface area contributed by atoms with Crippen molar-refractivity contribution in [1.82, 2.24) is 24.5 Å². The monoisotopic (exact) mass is 303 g/mol. The van der Waals surface area contributed by atoms with Gasteiger partial charge in [-0.2, -0.15) is 15.0 Å². The minimum Gasteiger partial charge on any atom is -0.264 e. The van der Waals surface area contributed by atoms with Crippen molar-refractivity contribution in [3.8, 4) is 5.95 Å². The molecule has 3 rings (SSSR count). The van der Waals surface area contributed by atoms with Crippen molar-refractivity contribution < 1.29 is 0 Å². The van der Waals surface area contributed by atoms with Crippen LogP contribution in [-0.4, -0.2) is 37.0 Å². The minimum atomic E-state index is 0.625. The van der Waals surface area contributed by atoms with E-state index in [0.717, 1.165) is 27.2 Å². The third-order valence-electron chi connectivity index (χ3n) is 2.88. The second kappa shape index (κ2) is 5.41. The SMILES string of the molecule is CSc1nc(SC)nc(-n2c(C)nc3ccccc32)n1. The second-order valence-corrected chi connectivity index (χ2v) is 5.64. The lowest BCUT2D eigenvalue weighted by Gasteiger charge is -2.07. The molecule has 0 saturated carbocycles. The normalized spacial score (nSPS) is 11.2. The molecule has 0 saturated heterocycles. The van der Waals surface area contributed by atoms with Crippen molar-refractivity contribution in [3.05, 3.63) is 30.1 Å². The molecule has 0 spiro atoms. The molecule has 3 aromatic rings. The molecule has 0 unspecified atom stereocenters. The maximum Gasteiger partial charge on any atom is 0.240 e. The number of thioether (sulfide) groups is 2. The molecule has 0 radical (unpaired) electrons. The lowest BCUT2D eigenvalue weighted by atomic mass is 10.3. The Bertz CT molecular complexity index is 746. The van der Waals surface area contributed by atoms with Crippen LogP contribution in [-0.2, 0) is 0 Å². The van der Waals surface area contributed by atoms with Crippen LogP contribution in [0.1, 0.15) is 5.82 Å². The van der Waals surface area contributed by atoms with E-state index in [-0.39, 0.29) is 0 Å². The molecule has 0 aliphatic rings. The molecule has 1 aromatic carbocycles. The number of hydrogen-bond acceptors (Lipinski definition) is 6. The third kappa shape index (κ3) is 2.27. The van der Waals surface area contributed by atoms with Crippen molar-refractivity contribution in [3.63, 3.8) is 0 Å². The molecule has 20 heavy (non-hydrogen) atoms. The number of fused-ring (bicyclic) bond motifs is 1. The van der Waals surface area contributed by atoms with Crippen LogP contribution in [0.4, 0.5) is 0 Å². The Hall–Kier alpha value is -1.60. The fourth-order valence-corrected chi connectivity index (χ4v) is 2.77. The lowest BCUT2D eigenvalue weighted by molar-refractivity contribution is 0.750. The fraction of sp³-hybridized carbons (Fsp3) is 0.231. The molecule has 102 valence electrons. The predicted molar refractivity (Wildman–Crippen MR) is 82.8 cm³/mol. The van der Waals surface area contributed by atoms with Crippen molar-refractivity contribution in [2.45, 2.75) is 17.2 Å². The molecule has 5 nitrogen and oxygen atoms in total. The first kappa shape index (κ1) is 13.4. The molecular formula is C13H13N5S2. The molecule has 0 amide bonds. The Labute approximate surface area is 125 Å². The van der Waals surface area contributed by atoms with Gasteiger partial charge in [-0.3, -0.25) is 4.57 Å². The summed E-state index contributed by atoms with van der Waals surface area (Å²) in [5, 5.41) is 1.44. The molecule has 0 atom stereocenters. The number of nitrogens with zero attached hydrogens (tertiary/aromatic N) is 5. The van der Waals surface area contributed by atoms with E-state index in [2.05, 4.69) is 19.9 Å². The van der Waals surface area contributed by atoms with Gasteiger partial charge in [-0.05, 0) is 31.6 Å². The number of imidazole rings is 1. The second-order valence-electron chi connectivity index (χ2n) is 4.09. The average molecular weight is 303 g/mol. The van der Waals surface area contributed by atoms with Crippen LogP contribution < -0.4 is 0 Å². The number of rotatable bonds is 3. The third-order valence-corrected chi connectivity index (χ3v) is 3.97. The van der Waals surface area contributed by atoms with Crippen LogP contribution in [0, 0.1) is 6.92 Å². The average Bonchev–Trinajstić information content (AvgIpc) is 2.82. The summed E-state index contributed by atoms with van der Waals surface area (Å²) in [6, 6.07) is 7.99. The number of hydrogen-bond donors (Lipinski definition) is 0. The van der Waals surface area contributed by atoms with Gasteiger partial charge in [-0.1, -0.05) is 35.7 Å². The maximum absolute atomic E-state index is 4.55. The quantitative estimate of drug-likeness (QED) is 0.693. The summed E-state index contributed by atoms with van der Waals surface area (Å²) in [5.74, 6) is 1.50. The number of benzene rings is 1. The standard InChI is InChI=1S/C13H13N5S2/c1-8-14-9-6-4-5-7-10(9)18(8)11-15-12(19-2)17-13(16-11)20-3/h4-7H,1-3H3. The summed E-state index contributed by atoms with van der Waals surface area (Å²) in [6.07, 6.45) is 3.92. The Morgan fingerprint density at radius 2 is 1.55 bits per heavy atom. The maximum atomic E-state index is 4.55. The summed E-state index contributed by atoms with van der Waals surface area (Å²) in [6.45, 7) is 1.96. The summed E-state index contributed by atoms with van der Waals surface area (Å²) in [7, 11) is 0. The molecule has 0 N–H and O–H groups in total. The van der Waals surface area contributed by atoms with Gasteiger partial charge in [0, 0.05) is 0 Å². The van der Waals surface area contributed by atoms with Gasteiger partial charge in [-0.25, -0.2) is 4.98 Å². The van der Waals surface area contributed by atoms with Crippen LogP contribution in [0.2, 0.25) is 0 Å². The predicted octanol–water partition coefficient (Wildman–Crippen LogP) is 2.96. The topological polar surface area (TPSA) is 56.5 Å². The molecule has 0 aliphatic carbocycles. The van der Waals surface area contributed by atoms with Gasteiger partial charge in [0.15, 0.2) is 10.3 Å². The van der Waals surface area contributed by atoms with Crippen molar-refractivity contribution >= 4 is 34.6 Å². The number of aryl methyl sites for hydroxylation is 1. The Morgan fingerprint density at radius 1 is 0.900 bits per heavy atom. The summed E-state index contributed by atoms with van der Waals surface area (Å²) in [4.78, 5) is 17.9. The van der Waals surface area contributed by atoms with E-state index in [0.29, 0.717) is 5.95 Å². The molecule has 0 aliphatic heterocycles. The molecule has 2 aromatic heterocycles. The highest BCUT2D eigenvalue weighted by atomic mass is 32.2. The van der Waals surface area contributed by atoms with Crippen LogP contribution in [0.5, 0.6) is 0 Å². The van der Waals surface area contributed by atoms with Gasteiger partial charge in [0.1, 0.15) is 5.82 Å². The van der Waals surface area contributed by atoms with Crippen LogP contribution in [0.25, 0.3) is 17.0 Å². The lowest BCUT2D eigenvalue weighted by Crippen LogP contribution is -2.06. The zero-order valence-electron chi connectivity index (χ0n) is 11.4. The molecule has 0 bridgehead atoms. The minimum absolute atomic E-state index is 0.625. The van der Waals surface area contributed by atoms with Crippen molar-refractivity contribution in [1.29, 1.82) is 0 Å². The van der Waals surface area contributed by atoms with Gasteiger partial charge in [0.25, 0.3) is 0 Å². The van der Waals surface area contributed by atoms with Gasteiger partial charge in [0.05, 0.1) is 11.0 Å². The van der Waals surface area contributed by atoms with E-state index in [4.69, 9.17) is 0 Å². The molecule has 2 heterocycles. The highest BCUT2D eigenvalue weighted by Crippen LogP contribution is 2.21. The highest BCUT2D eigenvalue weighted by molar-refractivity contribution is 7.99. The molecule has 0 fully saturated rings. The summed E-state index contributed by atoms with van der Waals surface area (Å²) >= 11 is 3.02. The zero-order valence-corrected chi connectivity index (χ0v) is 13.0. The van der Waals surface area contributed by atoms with Gasteiger partial charge in [0.2, 0.25) is 5.95 Å². The Balaban J connectivity index is 2.27. The van der Waals surface area contributed by atoms with E-state index in [1.165, 1.54) is 23.5 Å². The number of aromatic nitrogens is 5. The smallest absolute Gasteiger partial charge is 0.240 e. The van der Waals surface area contributed by atoms with Gasteiger partial charge < -0.3 is 0 Å². The number of para-hydroxylation sites is 2. The molecule has 7 heteroatoms. The first-order valence-electron chi connectivity index (χ1n) is 6.01. The van der Waals surface area contributed by atoms with Crippen molar-refractivity contribution in [2.24, 2.45) is 0 Å². The largest absolute Gasteiger partial charge is 0.264 e. The first-order chi connectivity index (χ1) is 9.72. The van der Waals surface area contributed by atoms with Gasteiger partial charge >= 0.3 is 0 Å². The first-order valence-corrected chi connectivity index (χ1v) is 8.46. The Kier molecular flexibility index (Phi) is 3.62. The van der Waals surface area contributed by atoms with E-state index in [1.807, 2.05) is 48.3 Å². The zero-order chi connectivity index (χ0) is 14.1. The van der Waals surface area contributed by atoms with Crippen molar-refractivity contribution in [2.75, 3.05) is 12.5 Å². The fourth-order valence-electron chi connectivity index (χ4n) is 2.01. The van der Waals surface area contributed by atoms with Gasteiger partial charge in [-0.15, -0.1) is 0 Å². The summed E-state index contributed by atoms with van der Waals surface area (Å²) < 4.78 is 1.97. The van der Waals surface area contributed by atoms with E-state index < -0.39 is 0 Å². The van der Waals surface area contributed by atoms with Crippen LogP contribution >= 0.6 is 23.5 Å². The molecular weight excluding hydrogens is 290 g/mol. The van der Waals surface area contributed by atoms with E-state index in [9.17, 15) is 0 Å². The van der Waals surface area contributed by atoms with Crippen LogP contribution in [0.15, 0.2) is 34.6 Å². The summed E-state index contributed by atoms with van der Waals surface area (Å²) in [5.41, 5.74) is 1.96. The highest BCUT2D eigenvalue weighted by Gasteiger charge is 2.13. The van der Waals surface area contributed by atoms with Crippen LogP contribution in [0.3, 0.4) is 0 Å².